The molecule has 0 radical (unpaired) electrons. The molecule has 1 saturated heterocycles. The van der Waals surface area contributed by atoms with Crippen molar-refractivity contribution in [3.8, 4) is 0 Å². The summed E-state index contributed by atoms with van der Waals surface area (Å²) in [5.41, 5.74) is 0. The lowest BCUT2D eigenvalue weighted by Gasteiger charge is -2.31. The molecule has 7 nitrogen and oxygen atoms in total. The number of rotatable bonds is 6. The number of amides is 1. The van der Waals surface area contributed by atoms with Crippen molar-refractivity contribution in [3.05, 3.63) is 18.5 Å². The molecule has 1 aromatic heterocycles. The Hall–Kier alpha value is -1.89. The van der Waals surface area contributed by atoms with Gasteiger partial charge in [0.15, 0.2) is 0 Å². The van der Waals surface area contributed by atoms with Gasteiger partial charge in [0.25, 0.3) is 0 Å². The summed E-state index contributed by atoms with van der Waals surface area (Å²) in [6, 6.07) is 1.83. The second-order valence-electron chi connectivity index (χ2n) is 4.80. The first-order chi connectivity index (χ1) is 9.65. The molecule has 0 atom stereocenters. The number of ether oxygens (including phenoxy) is 1. The van der Waals surface area contributed by atoms with Crippen LogP contribution in [0.15, 0.2) is 18.5 Å². The van der Waals surface area contributed by atoms with Crippen LogP contribution in [0.5, 0.6) is 0 Å². The molecule has 0 bridgehead atoms. The number of nitrogens with zero attached hydrogens (tertiary/aromatic N) is 3. The summed E-state index contributed by atoms with van der Waals surface area (Å²) in [6.45, 7) is 1.57. The molecule has 0 saturated carbocycles. The highest BCUT2D eigenvalue weighted by atomic mass is 16.5. The van der Waals surface area contributed by atoms with E-state index >= 15 is 0 Å². The van der Waals surface area contributed by atoms with Crippen molar-refractivity contribution >= 4 is 11.9 Å². The Kier molecular flexibility index (Phi) is 5.11. The number of aromatic nitrogens is 2. The highest BCUT2D eigenvalue weighted by Crippen LogP contribution is 2.14. The summed E-state index contributed by atoms with van der Waals surface area (Å²) < 4.78 is 6.98. The van der Waals surface area contributed by atoms with E-state index in [1.165, 1.54) is 0 Å². The van der Waals surface area contributed by atoms with Gasteiger partial charge in [0, 0.05) is 38.4 Å². The van der Waals surface area contributed by atoms with Crippen molar-refractivity contribution < 1.29 is 19.4 Å². The predicted octanol–water partition coefficient (Wildman–Crippen LogP) is 0.365. The first kappa shape index (κ1) is 14.5. The normalized spacial score (nSPS) is 16.3. The zero-order chi connectivity index (χ0) is 14.4. The number of carbonyl (C=O) groups is 2. The molecule has 0 unspecified atom stereocenters. The first-order valence-corrected chi connectivity index (χ1v) is 6.74. The molecular formula is C13H19N3O4. The molecule has 1 aliphatic heterocycles. The van der Waals surface area contributed by atoms with E-state index in [-0.39, 0.29) is 18.6 Å². The fraction of sp³-hybridized carbons (Fsp3) is 0.615. The van der Waals surface area contributed by atoms with Crippen LogP contribution in [-0.2, 0) is 20.9 Å². The molecule has 0 aliphatic carbocycles. The van der Waals surface area contributed by atoms with E-state index in [1.54, 1.807) is 10.9 Å². The number of hydrogen-bond acceptors (Lipinski definition) is 4. The third-order valence-electron chi connectivity index (χ3n) is 3.35. The van der Waals surface area contributed by atoms with Gasteiger partial charge < -0.3 is 14.7 Å². The number of carboxylic acids is 1. The number of aryl methyl sites for hydroxylation is 1. The second-order valence-corrected chi connectivity index (χ2v) is 4.80. The first-order valence-electron chi connectivity index (χ1n) is 6.74. The average molecular weight is 281 g/mol. The van der Waals surface area contributed by atoms with Gasteiger partial charge in [-0.2, -0.15) is 5.10 Å². The lowest BCUT2D eigenvalue weighted by molar-refractivity contribution is -0.146. The summed E-state index contributed by atoms with van der Waals surface area (Å²) in [7, 11) is 0. The number of likely N-dealkylation sites (tertiary alicyclic amines) is 1. The van der Waals surface area contributed by atoms with Crippen molar-refractivity contribution in [1.82, 2.24) is 14.7 Å². The van der Waals surface area contributed by atoms with E-state index in [0.717, 1.165) is 0 Å². The van der Waals surface area contributed by atoms with Crippen LogP contribution in [0, 0.1) is 0 Å². The van der Waals surface area contributed by atoms with Gasteiger partial charge in [0.2, 0.25) is 5.91 Å². The summed E-state index contributed by atoms with van der Waals surface area (Å²) in [4.78, 5) is 24.2. The van der Waals surface area contributed by atoms with E-state index in [9.17, 15) is 9.59 Å². The SMILES string of the molecule is O=C(O)COC1CCN(C(=O)CCn2cccn2)CC1. The summed E-state index contributed by atoms with van der Waals surface area (Å²) in [5, 5.41) is 12.6. The molecule has 1 fully saturated rings. The molecule has 1 amide bonds. The minimum Gasteiger partial charge on any atom is -0.480 e. The summed E-state index contributed by atoms with van der Waals surface area (Å²) in [6.07, 6.45) is 5.29. The topological polar surface area (TPSA) is 84.7 Å². The van der Waals surface area contributed by atoms with Crippen LogP contribution in [-0.4, -0.2) is 57.5 Å². The molecule has 1 aromatic rings. The maximum atomic E-state index is 12.0. The van der Waals surface area contributed by atoms with Gasteiger partial charge in [-0.05, 0) is 18.9 Å². The number of hydrogen-bond donors (Lipinski definition) is 1. The summed E-state index contributed by atoms with van der Waals surface area (Å²) >= 11 is 0. The van der Waals surface area contributed by atoms with Crippen LogP contribution in [0.4, 0.5) is 0 Å². The number of piperidine rings is 1. The van der Waals surface area contributed by atoms with Crippen molar-refractivity contribution in [2.45, 2.75) is 31.9 Å². The van der Waals surface area contributed by atoms with Gasteiger partial charge in [-0.25, -0.2) is 4.79 Å². The maximum Gasteiger partial charge on any atom is 0.329 e. The van der Waals surface area contributed by atoms with Crippen molar-refractivity contribution in [2.24, 2.45) is 0 Å². The van der Waals surface area contributed by atoms with Crippen LogP contribution >= 0.6 is 0 Å². The molecule has 7 heteroatoms. The molecule has 0 aromatic carbocycles. The Morgan fingerprint density at radius 3 is 2.70 bits per heavy atom. The molecule has 0 spiro atoms. The molecule has 110 valence electrons. The van der Waals surface area contributed by atoms with Crippen molar-refractivity contribution in [2.75, 3.05) is 19.7 Å². The quantitative estimate of drug-likeness (QED) is 0.814. The second kappa shape index (κ2) is 7.04. The zero-order valence-electron chi connectivity index (χ0n) is 11.3. The van der Waals surface area contributed by atoms with Gasteiger partial charge in [-0.3, -0.25) is 9.48 Å². The molecule has 2 rings (SSSR count). The largest absolute Gasteiger partial charge is 0.480 e. The van der Waals surface area contributed by atoms with Crippen LogP contribution in [0.1, 0.15) is 19.3 Å². The van der Waals surface area contributed by atoms with Crippen LogP contribution in [0.2, 0.25) is 0 Å². The van der Waals surface area contributed by atoms with Crippen LogP contribution in [0.3, 0.4) is 0 Å². The number of aliphatic carboxylic acids is 1. The molecule has 2 heterocycles. The fourth-order valence-electron chi connectivity index (χ4n) is 2.26. The highest BCUT2D eigenvalue weighted by Gasteiger charge is 2.23. The van der Waals surface area contributed by atoms with Gasteiger partial charge in [0.05, 0.1) is 6.10 Å². The molecule has 20 heavy (non-hydrogen) atoms. The Morgan fingerprint density at radius 1 is 1.35 bits per heavy atom. The zero-order valence-corrected chi connectivity index (χ0v) is 11.3. The Labute approximate surface area is 117 Å². The van der Waals surface area contributed by atoms with E-state index in [1.807, 2.05) is 17.2 Å². The fourth-order valence-corrected chi connectivity index (χ4v) is 2.26. The van der Waals surface area contributed by atoms with Crippen molar-refractivity contribution in [3.63, 3.8) is 0 Å². The number of carboxylic acid groups (broad SMARTS) is 1. The number of carbonyl (C=O) groups excluding carboxylic acids is 1. The standard InChI is InChI=1S/C13H19N3O4/c17-12(4-9-16-6-1-5-14-16)15-7-2-11(3-8-15)20-10-13(18)19/h1,5-6,11H,2-4,7-10H2,(H,18,19). The Bertz CT molecular complexity index is 438. The van der Waals surface area contributed by atoms with Gasteiger partial charge in [-0.15, -0.1) is 0 Å². The summed E-state index contributed by atoms with van der Waals surface area (Å²) in [5.74, 6) is -0.847. The van der Waals surface area contributed by atoms with Gasteiger partial charge in [-0.1, -0.05) is 0 Å². The monoisotopic (exact) mass is 281 g/mol. The van der Waals surface area contributed by atoms with Crippen molar-refractivity contribution in [1.29, 1.82) is 0 Å². The third-order valence-corrected chi connectivity index (χ3v) is 3.35. The Balaban J connectivity index is 1.67. The minimum atomic E-state index is -0.956. The third kappa shape index (κ3) is 4.34. The predicted molar refractivity (Wildman–Crippen MR) is 70.0 cm³/mol. The van der Waals surface area contributed by atoms with E-state index < -0.39 is 5.97 Å². The van der Waals surface area contributed by atoms with Gasteiger partial charge >= 0.3 is 5.97 Å². The lowest BCUT2D eigenvalue weighted by Crippen LogP contribution is -2.41. The highest BCUT2D eigenvalue weighted by molar-refractivity contribution is 5.76. The average Bonchev–Trinajstić information content (AvgIpc) is 2.96. The molecule has 1 aliphatic rings. The smallest absolute Gasteiger partial charge is 0.329 e. The van der Waals surface area contributed by atoms with Crippen LogP contribution in [0.25, 0.3) is 0 Å². The maximum absolute atomic E-state index is 12.0. The molecule has 1 N–H and O–H groups in total. The van der Waals surface area contributed by atoms with Crippen LogP contribution < -0.4 is 0 Å². The van der Waals surface area contributed by atoms with E-state index in [2.05, 4.69) is 5.10 Å². The van der Waals surface area contributed by atoms with E-state index in [0.29, 0.717) is 38.9 Å². The lowest BCUT2D eigenvalue weighted by atomic mass is 10.1. The van der Waals surface area contributed by atoms with E-state index in [4.69, 9.17) is 9.84 Å². The Morgan fingerprint density at radius 2 is 2.10 bits per heavy atom. The molecular weight excluding hydrogens is 262 g/mol. The van der Waals surface area contributed by atoms with Gasteiger partial charge in [0.1, 0.15) is 6.61 Å². The minimum absolute atomic E-state index is 0.0544.